The van der Waals surface area contributed by atoms with Crippen LogP contribution in [0.3, 0.4) is 0 Å². The van der Waals surface area contributed by atoms with Crippen molar-refractivity contribution in [2.45, 2.75) is 45.2 Å². The van der Waals surface area contributed by atoms with Gasteiger partial charge in [-0.05, 0) is 33.4 Å². The number of rotatable bonds is 2. The van der Waals surface area contributed by atoms with E-state index in [1.54, 1.807) is 5.51 Å². The molecule has 8 heteroatoms. The zero-order valence-corrected chi connectivity index (χ0v) is 15.6. The molecule has 1 atom stereocenters. The standard InChI is InChI=1S/C17H24N6OS/c1-12-15(25-11-18-12)17(24)22-8-6-14-19-20-16(23(14)10-9-22)13-5-3-4-7-21(13)2/h11,13H,3-10H2,1-2H3. The highest BCUT2D eigenvalue weighted by molar-refractivity contribution is 7.11. The summed E-state index contributed by atoms with van der Waals surface area (Å²) in [6, 6.07) is 0.348. The summed E-state index contributed by atoms with van der Waals surface area (Å²) in [7, 11) is 2.17. The second-order valence-electron chi connectivity index (χ2n) is 6.93. The number of fused-ring (bicyclic) bond motifs is 1. The average molecular weight is 360 g/mol. The number of hydrogen-bond donors (Lipinski definition) is 0. The van der Waals surface area contributed by atoms with E-state index in [2.05, 4.69) is 31.7 Å². The lowest BCUT2D eigenvalue weighted by Gasteiger charge is -2.31. The molecular weight excluding hydrogens is 336 g/mol. The Kier molecular flexibility index (Phi) is 4.56. The summed E-state index contributed by atoms with van der Waals surface area (Å²) in [5, 5.41) is 8.95. The molecule has 0 aromatic carbocycles. The van der Waals surface area contributed by atoms with Gasteiger partial charge in [-0.3, -0.25) is 9.69 Å². The van der Waals surface area contributed by atoms with Crippen molar-refractivity contribution < 1.29 is 4.79 Å². The SMILES string of the molecule is Cc1ncsc1C(=O)N1CCc2nnc(C3CCCCN3C)n2CC1. The third-order valence-electron chi connectivity index (χ3n) is 5.35. The van der Waals surface area contributed by atoms with Gasteiger partial charge in [-0.1, -0.05) is 6.42 Å². The van der Waals surface area contributed by atoms with E-state index in [9.17, 15) is 4.79 Å². The number of carbonyl (C=O) groups is 1. The van der Waals surface area contributed by atoms with Crippen LogP contribution in [0, 0.1) is 6.92 Å². The zero-order valence-electron chi connectivity index (χ0n) is 14.8. The molecular formula is C17H24N6OS. The lowest BCUT2D eigenvalue weighted by Crippen LogP contribution is -2.34. The Hall–Kier alpha value is -1.80. The van der Waals surface area contributed by atoms with Crippen LogP contribution in [0.1, 0.15) is 52.3 Å². The minimum absolute atomic E-state index is 0.0926. The molecule has 1 amide bonds. The van der Waals surface area contributed by atoms with Gasteiger partial charge in [-0.2, -0.15) is 0 Å². The molecule has 0 N–H and O–H groups in total. The van der Waals surface area contributed by atoms with Crippen LogP contribution in [0.4, 0.5) is 0 Å². The smallest absolute Gasteiger partial charge is 0.265 e. The normalized spacial score (nSPS) is 21.8. The van der Waals surface area contributed by atoms with E-state index in [0.717, 1.165) is 48.2 Å². The van der Waals surface area contributed by atoms with E-state index in [1.807, 2.05) is 11.8 Å². The number of aryl methyl sites for hydroxylation is 1. The van der Waals surface area contributed by atoms with Crippen LogP contribution in [0.2, 0.25) is 0 Å². The molecule has 1 fully saturated rings. The number of carbonyl (C=O) groups excluding carboxylic acids is 1. The molecule has 4 rings (SSSR count). The van der Waals surface area contributed by atoms with Crippen molar-refractivity contribution in [2.75, 3.05) is 26.7 Å². The predicted octanol–water partition coefficient (Wildman–Crippen LogP) is 1.90. The zero-order chi connectivity index (χ0) is 17.4. The number of nitrogens with zero attached hydrogens (tertiary/aromatic N) is 6. The van der Waals surface area contributed by atoms with Gasteiger partial charge in [-0.25, -0.2) is 4.98 Å². The monoisotopic (exact) mass is 360 g/mol. The molecule has 2 aliphatic heterocycles. The van der Waals surface area contributed by atoms with Crippen molar-refractivity contribution in [3.8, 4) is 0 Å². The first-order valence-electron chi connectivity index (χ1n) is 8.96. The number of hydrogen-bond acceptors (Lipinski definition) is 6. The van der Waals surface area contributed by atoms with Crippen LogP contribution in [0.5, 0.6) is 0 Å². The lowest BCUT2D eigenvalue weighted by molar-refractivity contribution is 0.0762. The van der Waals surface area contributed by atoms with Crippen LogP contribution in [0.15, 0.2) is 5.51 Å². The third-order valence-corrected chi connectivity index (χ3v) is 6.27. The van der Waals surface area contributed by atoms with E-state index < -0.39 is 0 Å². The fourth-order valence-corrected chi connectivity index (χ4v) is 4.62. The number of thiazole rings is 1. The van der Waals surface area contributed by atoms with Gasteiger partial charge >= 0.3 is 0 Å². The van der Waals surface area contributed by atoms with E-state index in [-0.39, 0.29) is 5.91 Å². The Morgan fingerprint density at radius 2 is 2.08 bits per heavy atom. The largest absolute Gasteiger partial charge is 0.336 e. The molecule has 0 bridgehead atoms. The summed E-state index contributed by atoms with van der Waals surface area (Å²) in [5.74, 6) is 2.17. The van der Waals surface area contributed by atoms with Crippen LogP contribution in [-0.4, -0.2) is 62.1 Å². The highest BCUT2D eigenvalue weighted by Crippen LogP contribution is 2.29. The Morgan fingerprint density at radius 3 is 2.84 bits per heavy atom. The van der Waals surface area contributed by atoms with Gasteiger partial charge in [0.05, 0.1) is 17.2 Å². The number of amides is 1. The minimum Gasteiger partial charge on any atom is -0.336 e. The molecule has 2 aromatic rings. The summed E-state index contributed by atoms with van der Waals surface area (Å²) >= 11 is 1.43. The first-order valence-corrected chi connectivity index (χ1v) is 9.84. The molecule has 2 aromatic heterocycles. The fourth-order valence-electron chi connectivity index (χ4n) is 3.85. The van der Waals surface area contributed by atoms with E-state index >= 15 is 0 Å². The maximum absolute atomic E-state index is 12.8. The molecule has 0 spiro atoms. The first kappa shape index (κ1) is 16.7. The van der Waals surface area contributed by atoms with E-state index in [4.69, 9.17) is 0 Å². The summed E-state index contributed by atoms with van der Waals surface area (Å²) in [6.07, 6.45) is 4.39. The number of piperidine rings is 1. The van der Waals surface area contributed by atoms with Gasteiger partial charge in [0.2, 0.25) is 0 Å². The Bertz CT molecular complexity index is 769. The molecule has 1 saturated heterocycles. The van der Waals surface area contributed by atoms with Crippen LogP contribution in [-0.2, 0) is 13.0 Å². The maximum Gasteiger partial charge on any atom is 0.265 e. The topological polar surface area (TPSA) is 67.2 Å². The maximum atomic E-state index is 12.8. The molecule has 0 aliphatic carbocycles. The van der Waals surface area contributed by atoms with Gasteiger partial charge in [0.15, 0.2) is 0 Å². The highest BCUT2D eigenvalue weighted by Gasteiger charge is 2.29. The van der Waals surface area contributed by atoms with Crippen molar-refractivity contribution in [2.24, 2.45) is 0 Å². The Morgan fingerprint density at radius 1 is 1.20 bits per heavy atom. The average Bonchev–Trinajstić information content (AvgIpc) is 3.15. The quantitative estimate of drug-likeness (QED) is 0.818. The summed E-state index contributed by atoms with van der Waals surface area (Å²) < 4.78 is 2.25. The predicted molar refractivity (Wildman–Crippen MR) is 95.7 cm³/mol. The van der Waals surface area contributed by atoms with E-state index in [1.165, 1.54) is 24.2 Å². The van der Waals surface area contributed by atoms with Crippen molar-refractivity contribution in [3.63, 3.8) is 0 Å². The second-order valence-corrected chi connectivity index (χ2v) is 7.78. The number of aromatic nitrogens is 4. The van der Waals surface area contributed by atoms with Crippen molar-refractivity contribution in [3.05, 3.63) is 27.7 Å². The third kappa shape index (κ3) is 3.08. The lowest BCUT2D eigenvalue weighted by atomic mass is 10.0. The molecule has 134 valence electrons. The molecule has 2 aliphatic rings. The fraction of sp³-hybridized carbons (Fsp3) is 0.647. The molecule has 0 saturated carbocycles. The van der Waals surface area contributed by atoms with Crippen molar-refractivity contribution in [1.82, 2.24) is 29.5 Å². The second kappa shape index (κ2) is 6.84. The van der Waals surface area contributed by atoms with Gasteiger partial charge in [0.1, 0.15) is 16.5 Å². The highest BCUT2D eigenvalue weighted by atomic mass is 32.1. The van der Waals surface area contributed by atoms with Gasteiger partial charge in [0, 0.05) is 26.1 Å². The van der Waals surface area contributed by atoms with Crippen LogP contribution in [0.25, 0.3) is 0 Å². The van der Waals surface area contributed by atoms with Crippen molar-refractivity contribution >= 4 is 17.2 Å². The number of likely N-dealkylation sites (tertiary alicyclic amines) is 1. The van der Waals surface area contributed by atoms with Crippen LogP contribution >= 0.6 is 11.3 Å². The molecule has 0 radical (unpaired) electrons. The summed E-state index contributed by atoms with van der Waals surface area (Å²) in [4.78, 5) is 22.1. The molecule has 4 heterocycles. The van der Waals surface area contributed by atoms with Gasteiger partial charge in [-0.15, -0.1) is 21.5 Å². The van der Waals surface area contributed by atoms with Gasteiger partial charge < -0.3 is 9.47 Å². The van der Waals surface area contributed by atoms with Gasteiger partial charge in [0.25, 0.3) is 5.91 Å². The Balaban J connectivity index is 1.53. The Labute approximate surface area is 151 Å². The molecule has 25 heavy (non-hydrogen) atoms. The van der Waals surface area contributed by atoms with Crippen LogP contribution < -0.4 is 0 Å². The summed E-state index contributed by atoms with van der Waals surface area (Å²) in [5.41, 5.74) is 2.56. The minimum atomic E-state index is 0.0926. The van der Waals surface area contributed by atoms with E-state index in [0.29, 0.717) is 19.1 Å². The first-order chi connectivity index (χ1) is 12.1. The van der Waals surface area contributed by atoms with Crippen molar-refractivity contribution in [1.29, 1.82) is 0 Å². The molecule has 7 nitrogen and oxygen atoms in total. The summed E-state index contributed by atoms with van der Waals surface area (Å²) in [6.45, 7) is 5.17. The molecule has 1 unspecified atom stereocenters.